The molecule has 2 nitrogen and oxygen atoms in total. The van der Waals surface area contributed by atoms with E-state index in [9.17, 15) is 17.3 Å². The van der Waals surface area contributed by atoms with E-state index in [2.05, 4.69) is 0 Å². The van der Waals surface area contributed by atoms with Gasteiger partial charge in [-0.15, -0.1) is 0 Å². The van der Waals surface area contributed by atoms with E-state index in [1.807, 2.05) is 0 Å². The van der Waals surface area contributed by atoms with Gasteiger partial charge in [-0.2, -0.15) is 0 Å². The Balaban J connectivity index is 1.97. The summed E-state index contributed by atoms with van der Waals surface area (Å²) < 4.78 is 60.8. The third kappa shape index (κ3) is 3.63. The van der Waals surface area contributed by atoms with Crippen molar-refractivity contribution in [3.8, 4) is 5.75 Å². The molecule has 1 fully saturated rings. The molecule has 1 aliphatic rings. The standard InChI is InChI=1S/C11H12BF4O2/c13-9-3-4-10(12(14,15)16)11(5-9)18-7-17-6-8-1-2-8/h3-5,8H,1-2,6-7H2/q-1. The van der Waals surface area contributed by atoms with Crippen LogP contribution in [0, 0.1) is 11.7 Å². The predicted molar refractivity (Wildman–Crippen MR) is 59.3 cm³/mol. The predicted octanol–water partition coefficient (Wildman–Crippen LogP) is 2.64. The Bertz CT molecular complexity index is 418. The van der Waals surface area contributed by atoms with E-state index in [4.69, 9.17) is 9.47 Å². The molecule has 0 heterocycles. The summed E-state index contributed by atoms with van der Waals surface area (Å²) in [4.78, 5) is 0. The fourth-order valence-corrected chi connectivity index (χ4v) is 1.51. The monoisotopic (exact) mass is 263 g/mol. The van der Waals surface area contributed by atoms with E-state index in [-0.39, 0.29) is 6.79 Å². The van der Waals surface area contributed by atoms with Crippen molar-refractivity contribution in [2.45, 2.75) is 12.8 Å². The van der Waals surface area contributed by atoms with Crippen molar-refractivity contribution in [2.75, 3.05) is 13.4 Å². The van der Waals surface area contributed by atoms with E-state index < -0.39 is 24.0 Å². The van der Waals surface area contributed by atoms with Crippen molar-refractivity contribution in [1.29, 1.82) is 0 Å². The van der Waals surface area contributed by atoms with Crippen LogP contribution in [0.3, 0.4) is 0 Å². The van der Waals surface area contributed by atoms with Gasteiger partial charge >= 0.3 is 6.98 Å². The van der Waals surface area contributed by atoms with Crippen LogP contribution in [0.4, 0.5) is 17.3 Å². The van der Waals surface area contributed by atoms with Gasteiger partial charge in [0.2, 0.25) is 0 Å². The molecule has 0 N–H and O–H groups in total. The molecule has 1 saturated carbocycles. The molecule has 0 spiro atoms. The highest BCUT2D eigenvalue weighted by molar-refractivity contribution is 6.74. The van der Waals surface area contributed by atoms with Gasteiger partial charge in [0.1, 0.15) is 5.82 Å². The first kappa shape index (κ1) is 13.2. The van der Waals surface area contributed by atoms with Crippen LogP contribution in [0.5, 0.6) is 5.75 Å². The molecule has 1 aliphatic carbocycles. The molecule has 0 unspecified atom stereocenters. The lowest BCUT2D eigenvalue weighted by Crippen LogP contribution is -2.35. The lowest BCUT2D eigenvalue weighted by molar-refractivity contribution is 0.0103. The maximum absolute atomic E-state index is 12.9. The molecule has 1 aromatic rings. The molecular weight excluding hydrogens is 251 g/mol. The van der Waals surface area contributed by atoms with E-state index in [0.717, 1.165) is 25.0 Å². The van der Waals surface area contributed by atoms with Gasteiger partial charge in [-0.25, -0.2) is 4.39 Å². The Morgan fingerprint density at radius 1 is 1.22 bits per heavy atom. The van der Waals surface area contributed by atoms with Crippen molar-refractivity contribution in [1.82, 2.24) is 0 Å². The second-order valence-corrected chi connectivity index (χ2v) is 4.33. The molecule has 0 saturated heterocycles. The van der Waals surface area contributed by atoms with Gasteiger partial charge in [-0.1, -0.05) is 11.5 Å². The van der Waals surface area contributed by atoms with Gasteiger partial charge < -0.3 is 22.4 Å². The van der Waals surface area contributed by atoms with Crippen LogP contribution in [0.2, 0.25) is 0 Å². The van der Waals surface area contributed by atoms with Gasteiger partial charge in [0, 0.05) is 6.07 Å². The zero-order valence-electron chi connectivity index (χ0n) is 9.54. The number of ether oxygens (including phenoxy) is 2. The fourth-order valence-electron chi connectivity index (χ4n) is 1.51. The minimum Gasteiger partial charge on any atom is -0.470 e. The number of hydrogen-bond acceptors (Lipinski definition) is 2. The van der Waals surface area contributed by atoms with Gasteiger partial charge in [0.05, 0.1) is 12.4 Å². The summed E-state index contributed by atoms with van der Waals surface area (Å²) in [5, 5.41) is 0. The summed E-state index contributed by atoms with van der Waals surface area (Å²) >= 11 is 0. The van der Waals surface area contributed by atoms with E-state index in [1.165, 1.54) is 0 Å². The molecule has 1 aromatic carbocycles. The van der Waals surface area contributed by atoms with E-state index in [0.29, 0.717) is 18.6 Å². The van der Waals surface area contributed by atoms with Crippen LogP contribution >= 0.6 is 0 Å². The van der Waals surface area contributed by atoms with Gasteiger partial charge in [-0.05, 0) is 24.8 Å². The Kier molecular flexibility index (Phi) is 3.80. The van der Waals surface area contributed by atoms with Gasteiger partial charge in [0.25, 0.3) is 0 Å². The Hall–Kier alpha value is -1.24. The van der Waals surface area contributed by atoms with Crippen molar-refractivity contribution in [3.63, 3.8) is 0 Å². The summed E-state index contributed by atoms with van der Waals surface area (Å²) in [5.41, 5.74) is -0.938. The third-order valence-corrected chi connectivity index (χ3v) is 2.68. The SMILES string of the molecule is Fc1ccc([B-](F)(F)F)c(OCOCC2CC2)c1. The highest BCUT2D eigenvalue weighted by Gasteiger charge is 2.29. The first-order chi connectivity index (χ1) is 8.47. The highest BCUT2D eigenvalue weighted by Crippen LogP contribution is 2.28. The van der Waals surface area contributed by atoms with E-state index >= 15 is 0 Å². The molecule has 18 heavy (non-hydrogen) atoms. The molecule has 0 amide bonds. The summed E-state index contributed by atoms with van der Waals surface area (Å²) in [6.07, 6.45) is 2.16. The molecule has 0 bridgehead atoms. The van der Waals surface area contributed by atoms with E-state index in [1.54, 1.807) is 0 Å². The third-order valence-electron chi connectivity index (χ3n) is 2.68. The normalized spacial score (nSPS) is 15.8. The maximum atomic E-state index is 12.9. The molecule has 0 aliphatic heterocycles. The van der Waals surface area contributed by atoms with Crippen LogP contribution in [0.1, 0.15) is 12.8 Å². The molecule has 7 heteroatoms. The molecule has 2 rings (SSSR count). The van der Waals surface area contributed by atoms with Gasteiger partial charge in [0.15, 0.2) is 6.79 Å². The minimum atomic E-state index is -5.22. The summed E-state index contributed by atoms with van der Waals surface area (Å²) in [5.74, 6) is -0.790. The lowest BCUT2D eigenvalue weighted by atomic mass is 9.79. The average Bonchev–Trinajstić information content (AvgIpc) is 3.06. The van der Waals surface area contributed by atoms with Crippen LogP contribution in [0.25, 0.3) is 0 Å². The second-order valence-electron chi connectivity index (χ2n) is 4.33. The second kappa shape index (κ2) is 5.18. The van der Waals surface area contributed by atoms with Crippen molar-refractivity contribution >= 4 is 12.4 Å². The summed E-state index contributed by atoms with van der Waals surface area (Å²) in [6, 6.07) is 2.18. The van der Waals surface area contributed by atoms with Crippen LogP contribution in [-0.2, 0) is 4.74 Å². The number of benzene rings is 1. The largest absolute Gasteiger partial charge is 0.513 e. The smallest absolute Gasteiger partial charge is 0.470 e. The molecule has 100 valence electrons. The zero-order chi connectivity index (χ0) is 13.2. The maximum Gasteiger partial charge on any atom is 0.513 e. The average molecular weight is 263 g/mol. The summed E-state index contributed by atoms with van der Waals surface area (Å²) in [7, 11) is 0. The Labute approximate surface area is 102 Å². The molecule has 0 atom stereocenters. The minimum absolute atomic E-state index is 0.293. The van der Waals surface area contributed by atoms with Crippen molar-refractivity contribution in [2.24, 2.45) is 5.92 Å². The number of hydrogen-bond donors (Lipinski definition) is 0. The quantitative estimate of drug-likeness (QED) is 0.340. The zero-order valence-corrected chi connectivity index (χ0v) is 9.54. The number of rotatable bonds is 6. The molecular formula is C11H12BF4O2-. The van der Waals surface area contributed by atoms with Crippen molar-refractivity contribution in [3.05, 3.63) is 24.0 Å². The number of halogens is 4. The van der Waals surface area contributed by atoms with Crippen molar-refractivity contribution < 1.29 is 26.8 Å². The first-order valence-corrected chi connectivity index (χ1v) is 5.67. The topological polar surface area (TPSA) is 18.5 Å². The van der Waals surface area contributed by atoms with Crippen LogP contribution < -0.4 is 10.2 Å². The fraction of sp³-hybridized carbons (Fsp3) is 0.455. The Morgan fingerprint density at radius 3 is 2.56 bits per heavy atom. The lowest BCUT2D eigenvalue weighted by Gasteiger charge is -2.19. The molecule has 0 aromatic heterocycles. The highest BCUT2D eigenvalue weighted by atomic mass is 19.4. The van der Waals surface area contributed by atoms with Crippen LogP contribution in [0.15, 0.2) is 18.2 Å². The van der Waals surface area contributed by atoms with Gasteiger partial charge in [-0.3, -0.25) is 0 Å². The summed E-state index contributed by atoms with van der Waals surface area (Å²) in [6.45, 7) is -5.04. The first-order valence-electron chi connectivity index (χ1n) is 5.67. The Morgan fingerprint density at radius 2 is 1.94 bits per heavy atom. The van der Waals surface area contributed by atoms with Crippen LogP contribution in [-0.4, -0.2) is 20.4 Å². The molecule has 0 radical (unpaired) electrons.